The Bertz CT molecular complexity index is 771. The third kappa shape index (κ3) is 3.93. The summed E-state index contributed by atoms with van der Waals surface area (Å²) in [7, 11) is 0. The van der Waals surface area contributed by atoms with E-state index in [1.54, 1.807) is 44.3 Å². The third-order valence-corrected chi connectivity index (χ3v) is 3.88. The molecule has 0 saturated heterocycles. The first-order chi connectivity index (χ1) is 10.9. The quantitative estimate of drug-likeness (QED) is 0.911. The number of aryl methyl sites for hydroxylation is 1. The lowest BCUT2D eigenvalue weighted by atomic mass is 10.2. The van der Waals surface area contributed by atoms with Crippen molar-refractivity contribution >= 4 is 23.2 Å². The van der Waals surface area contributed by atoms with Crippen LogP contribution in [-0.4, -0.2) is 17.1 Å². The minimum atomic E-state index is -0.678. The van der Waals surface area contributed by atoms with Gasteiger partial charge in [-0.15, -0.1) is 0 Å². The molecular formula is C17H19ClN2O3. The zero-order chi connectivity index (χ0) is 17.0. The van der Waals surface area contributed by atoms with Crippen LogP contribution in [0.25, 0.3) is 0 Å². The SMILES string of the molecule is CCOc1cccn(C(C)C(=O)Nc2ccc(C)c(Cl)c2)c1=O. The van der Waals surface area contributed by atoms with Gasteiger partial charge in [0.25, 0.3) is 5.56 Å². The molecule has 0 aliphatic rings. The monoisotopic (exact) mass is 334 g/mol. The molecule has 2 rings (SSSR count). The van der Waals surface area contributed by atoms with Gasteiger partial charge in [0.15, 0.2) is 5.75 Å². The summed E-state index contributed by atoms with van der Waals surface area (Å²) >= 11 is 6.05. The molecule has 1 amide bonds. The first-order valence-corrected chi connectivity index (χ1v) is 7.72. The number of benzene rings is 1. The van der Waals surface area contributed by atoms with Gasteiger partial charge >= 0.3 is 0 Å². The van der Waals surface area contributed by atoms with Gasteiger partial charge in [-0.1, -0.05) is 17.7 Å². The van der Waals surface area contributed by atoms with E-state index in [1.165, 1.54) is 4.57 Å². The molecule has 23 heavy (non-hydrogen) atoms. The average molecular weight is 335 g/mol. The molecular weight excluding hydrogens is 316 g/mol. The van der Waals surface area contributed by atoms with Crippen molar-refractivity contribution < 1.29 is 9.53 Å². The van der Waals surface area contributed by atoms with Gasteiger partial charge in [-0.2, -0.15) is 0 Å². The number of anilines is 1. The predicted octanol–water partition coefficient (Wildman–Crippen LogP) is 3.41. The summed E-state index contributed by atoms with van der Waals surface area (Å²) in [6.45, 7) is 5.73. The molecule has 122 valence electrons. The third-order valence-electron chi connectivity index (χ3n) is 3.48. The second-order valence-electron chi connectivity index (χ2n) is 5.15. The molecule has 0 spiro atoms. The highest BCUT2D eigenvalue weighted by Crippen LogP contribution is 2.21. The Morgan fingerprint density at radius 2 is 2.13 bits per heavy atom. The highest BCUT2D eigenvalue weighted by molar-refractivity contribution is 6.31. The van der Waals surface area contributed by atoms with Crippen molar-refractivity contribution in [3.63, 3.8) is 0 Å². The highest BCUT2D eigenvalue weighted by Gasteiger charge is 2.18. The number of hydrogen-bond acceptors (Lipinski definition) is 3. The maximum Gasteiger partial charge on any atom is 0.293 e. The zero-order valence-electron chi connectivity index (χ0n) is 13.3. The van der Waals surface area contributed by atoms with E-state index in [2.05, 4.69) is 5.32 Å². The van der Waals surface area contributed by atoms with Crippen LogP contribution in [-0.2, 0) is 4.79 Å². The molecule has 2 aromatic rings. The molecule has 1 N–H and O–H groups in total. The minimum absolute atomic E-state index is 0.230. The number of rotatable bonds is 5. The van der Waals surface area contributed by atoms with E-state index < -0.39 is 6.04 Å². The molecule has 0 bridgehead atoms. The number of amides is 1. The van der Waals surface area contributed by atoms with Crippen molar-refractivity contribution in [2.24, 2.45) is 0 Å². The van der Waals surface area contributed by atoms with Crippen molar-refractivity contribution in [3.8, 4) is 5.75 Å². The minimum Gasteiger partial charge on any atom is -0.488 e. The summed E-state index contributed by atoms with van der Waals surface area (Å²) < 4.78 is 6.62. The Hall–Kier alpha value is -2.27. The van der Waals surface area contributed by atoms with Crippen LogP contribution >= 0.6 is 11.6 Å². The number of nitrogens with one attached hydrogen (secondary N) is 1. The standard InChI is InChI=1S/C17H19ClN2O3/c1-4-23-15-6-5-9-20(17(15)22)12(3)16(21)19-13-8-7-11(2)14(18)10-13/h5-10,12H,4H2,1-3H3,(H,19,21). The molecule has 0 fully saturated rings. The maximum atomic E-state index is 12.4. The predicted molar refractivity (Wildman–Crippen MR) is 91.4 cm³/mol. The number of halogens is 1. The van der Waals surface area contributed by atoms with Crippen LogP contribution in [0.3, 0.4) is 0 Å². The molecule has 5 nitrogen and oxygen atoms in total. The molecule has 1 aromatic carbocycles. The number of nitrogens with zero attached hydrogens (tertiary/aromatic N) is 1. The fourth-order valence-electron chi connectivity index (χ4n) is 2.10. The number of pyridine rings is 1. The summed E-state index contributed by atoms with van der Waals surface area (Å²) in [6.07, 6.45) is 1.57. The maximum absolute atomic E-state index is 12.4. The summed E-state index contributed by atoms with van der Waals surface area (Å²) in [5, 5.41) is 3.34. The number of carbonyl (C=O) groups excluding carboxylic acids is 1. The zero-order valence-corrected chi connectivity index (χ0v) is 14.1. The van der Waals surface area contributed by atoms with Gasteiger partial charge < -0.3 is 14.6 Å². The van der Waals surface area contributed by atoms with Crippen molar-refractivity contribution in [2.45, 2.75) is 26.8 Å². The van der Waals surface area contributed by atoms with Crippen molar-refractivity contribution in [1.82, 2.24) is 4.57 Å². The molecule has 1 aromatic heterocycles. The van der Waals surface area contributed by atoms with Gasteiger partial charge in [0.05, 0.1) is 6.61 Å². The van der Waals surface area contributed by atoms with Gasteiger partial charge in [0, 0.05) is 16.9 Å². The molecule has 1 heterocycles. The smallest absolute Gasteiger partial charge is 0.293 e. The molecule has 1 atom stereocenters. The Kier molecular flexibility index (Phi) is 5.45. The van der Waals surface area contributed by atoms with Crippen LogP contribution in [0, 0.1) is 6.92 Å². The van der Waals surface area contributed by atoms with Gasteiger partial charge in [0.2, 0.25) is 5.91 Å². The number of aromatic nitrogens is 1. The second kappa shape index (κ2) is 7.33. The largest absolute Gasteiger partial charge is 0.488 e. The van der Waals surface area contributed by atoms with E-state index in [0.29, 0.717) is 17.3 Å². The van der Waals surface area contributed by atoms with Crippen LogP contribution in [0.4, 0.5) is 5.69 Å². The van der Waals surface area contributed by atoms with Gasteiger partial charge in [-0.3, -0.25) is 9.59 Å². The van der Waals surface area contributed by atoms with Crippen LogP contribution in [0.15, 0.2) is 41.3 Å². The fourth-order valence-corrected chi connectivity index (χ4v) is 2.28. The molecule has 0 aliphatic carbocycles. The second-order valence-corrected chi connectivity index (χ2v) is 5.55. The lowest BCUT2D eigenvalue weighted by molar-refractivity contribution is -0.118. The first kappa shape index (κ1) is 17.1. The van der Waals surface area contributed by atoms with E-state index in [1.807, 2.05) is 13.0 Å². The molecule has 0 aliphatic heterocycles. The summed E-state index contributed by atoms with van der Waals surface area (Å²) in [5.74, 6) is -0.0753. The van der Waals surface area contributed by atoms with Crippen molar-refractivity contribution in [2.75, 3.05) is 11.9 Å². The van der Waals surface area contributed by atoms with Crippen molar-refractivity contribution in [1.29, 1.82) is 0 Å². The van der Waals surface area contributed by atoms with Crippen LogP contribution in [0.2, 0.25) is 5.02 Å². The lowest BCUT2D eigenvalue weighted by Gasteiger charge is -2.16. The van der Waals surface area contributed by atoms with Crippen LogP contribution in [0.1, 0.15) is 25.5 Å². The van der Waals surface area contributed by atoms with Gasteiger partial charge in [-0.05, 0) is 50.6 Å². The summed E-state index contributed by atoms with van der Waals surface area (Å²) in [6, 6.07) is 7.87. The Morgan fingerprint density at radius 1 is 1.39 bits per heavy atom. The summed E-state index contributed by atoms with van der Waals surface area (Å²) in [4.78, 5) is 24.7. The van der Waals surface area contributed by atoms with E-state index in [0.717, 1.165) is 5.56 Å². The Balaban J connectivity index is 2.21. The van der Waals surface area contributed by atoms with Crippen LogP contribution in [0.5, 0.6) is 5.75 Å². The van der Waals surface area contributed by atoms with E-state index >= 15 is 0 Å². The number of carbonyl (C=O) groups is 1. The highest BCUT2D eigenvalue weighted by atomic mass is 35.5. The lowest BCUT2D eigenvalue weighted by Crippen LogP contribution is -2.31. The molecule has 6 heteroatoms. The Morgan fingerprint density at radius 3 is 2.78 bits per heavy atom. The van der Waals surface area contributed by atoms with E-state index in [9.17, 15) is 9.59 Å². The van der Waals surface area contributed by atoms with E-state index in [4.69, 9.17) is 16.3 Å². The molecule has 0 saturated carbocycles. The summed E-state index contributed by atoms with van der Waals surface area (Å²) in [5.41, 5.74) is 1.18. The Labute approximate surface area is 139 Å². The number of ether oxygens (including phenoxy) is 1. The van der Waals surface area contributed by atoms with Gasteiger partial charge in [-0.25, -0.2) is 0 Å². The topological polar surface area (TPSA) is 60.3 Å². The van der Waals surface area contributed by atoms with Gasteiger partial charge in [0.1, 0.15) is 6.04 Å². The first-order valence-electron chi connectivity index (χ1n) is 7.35. The fraction of sp³-hybridized carbons (Fsp3) is 0.294. The average Bonchev–Trinajstić information content (AvgIpc) is 2.52. The van der Waals surface area contributed by atoms with Crippen molar-refractivity contribution in [3.05, 3.63) is 57.5 Å². The number of hydrogen-bond donors (Lipinski definition) is 1. The van der Waals surface area contributed by atoms with E-state index in [-0.39, 0.29) is 17.2 Å². The molecule has 1 unspecified atom stereocenters. The normalized spacial score (nSPS) is 11.8. The van der Waals surface area contributed by atoms with Crippen LogP contribution < -0.4 is 15.6 Å². The molecule has 0 radical (unpaired) electrons.